The molecule has 0 aromatic rings. The van der Waals surface area contributed by atoms with Gasteiger partial charge in [0, 0.05) is 0 Å². The Bertz CT molecular complexity index is 191. The van der Waals surface area contributed by atoms with Crippen LogP contribution in [0.2, 0.25) is 0 Å². The minimum Gasteiger partial charge on any atom is -0.385 e. The van der Waals surface area contributed by atoms with Gasteiger partial charge >= 0.3 is 0 Å². The Hall–Kier alpha value is -0.560. The smallest absolute Gasteiger partial charge is 0.0865 e. The summed E-state index contributed by atoms with van der Waals surface area (Å²) in [5, 5.41) is 9.85. The maximum atomic E-state index is 9.85. The van der Waals surface area contributed by atoms with E-state index in [9.17, 15) is 5.11 Å². The summed E-state index contributed by atoms with van der Waals surface area (Å²) in [5.41, 5.74) is 0.695. The standard InChI is InChI=1S/C10H16O/c1-3-9-6-5-7-10(11,4-2)8-9/h5-6,8,11H,3-4,7H2,1-2H3. The third-order valence-electron chi connectivity index (χ3n) is 2.28. The second kappa shape index (κ2) is 3.22. The number of hydrogen-bond acceptors (Lipinski definition) is 1. The van der Waals surface area contributed by atoms with Gasteiger partial charge in [0.15, 0.2) is 0 Å². The second-order valence-electron chi connectivity index (χ2n) is 3.14. The van der Waals surface area contributed by atoms with Gasteiger partial charge in [-0.15, -0.1) is 0 Å². The van der Waals surface area contributed by atoms with Gasteiger partial charge in [0.05, 0.1) is 5.60 Å². The molecule has 0 aliphatic heterocycles. The molecule has 1 unspecified atom stereocenters. The van der Waals surface area contributed by atoms with E-state index in [0.717, 1.165) is 19.3 Å². The maximum Gasteiger partial charge on any atom is 0.0865 e. The van der Waals surface area contributed by atoms with Crippen LogP contribution >= 0.6 is 0 Å². The first-order chi connectivity index (χ1) is 5.20. The molecule has 1 nitrogen and oxygen atoms in total. The van der Waals surface area contributed by atoms with Crippen LogP contribution in [0, 0.1) is 0 Å². The number of allylic oxidation sites excluding steroid dienone is 2. The van der Waals surface area contributed by atoms with E-state index in [-0.39, 0.29) is 0 Å². The van der Waals surface area contributed by atoms with Crippen molar-refractivity contribution >= 4 is 0 Å². The van der Waals surface area contributed by atoms with Gasteiger partial charge in [0.1, 0.15) is 0 Å². The Kier molecular flexibility index (Phi) is 2.50. The molecule has 0 aromatic heterocycles. The van der Waals surface area contributed by atoms with Gasteiger partial charge < -0.3 is 5.11 Å². The van der Waals surface area contributed by atoms with Crippen LogP contribution < -0.4 is 0 Å². The Balaban J connectivity index is 2.75. The molecule has 62 valence electrons. The summed E-state index contributed by atoms with van der Waals surface area (Å²) >= 11 is 0. The highest BCUT2D eigenvalue weighted by Gasteiger charge is 2.22. The van der Waals surface area contributed by atoms with E-state index in [0.29, 0.717) is 0 Å². The lowest BCUT2D eigenvalue weighted by Gasteiger charge is -2.25. The molecule has 0 aromatic carbocycles. The van der Waals surface area contributed by atoms with Crippen LogP contribution in [0.15, 0.2) is 23.8 Å². The summed E-state index contributed by atoms with van der Waals surface area (Å²) in [5.74, 6) is 0. The predicted molar refractivity (Wildman–Crippen MR) is 47.4 cm³/mol. The Morgan fingerprint density at radius 1 is 1.55 bits per heavy atom. The zero-order valence-electron chi connectivity index (χ0n) is 7.30. The first-order valence-corrected chi connectivity index (χ1v) is 4.31. The van der Waals surface area contributed by atoms with Crippen molar-refractivity contribution in [2.75, 3.05) is 0 Å². The quantitative estimate of drug-likeness (QED) is 0.644. The average Bonchev–Trinajstić information content (AvgIpc) is 2.05. The van der Waals surface area contributed by atoms with Crippen molar-refractivity contribution in [3.8, 4) is 0 Å². The summed E-state index contributed by atoms with van der Waals surface area (Å²) in [7, 11) is 0. The van der Waals surface area contributed by atoms with E-state index in [4.69, 9.17) is 0 Å². The van der Waals surface area contributed by atoms with Crippen molar-refractivity contribution in [2.45, 2.75) is 38.7 Å². The van der Waals surface area contributed by atoms with E-state index in [1.165, 1.54) is 5.57 Å². The maximum absolute atomic E-state index is 9.85. The van der Waals surface area contributed by atoms with Crippen molar-refractivity contribution in [1.29, 1.82) is 0 Å². The summed E-state index contributed by atoms with van der Waals surface area (Å²) in [6.07, 6.45) is 8.74. The van der Waals surface area contributed by atoms with Gasteiger partial charge in [-0.1, -0.05) is 26.0 Å². The lowest BCUT2D eigenvalue weighted by molar-refractivity contribution is 0.0879. The third kappa shape index (κ3) is 1.93. The first kappa shape index (κ1) is 8.54. The molecule has 0 saturated heterocycles. The van der Waals surface area contributed by atoms with E-state index < -0.39 is 5.60 Å². The Morgan fingerprint density at radius 3 is 2.82 bits per heavy atom. The fourth-order valence-corrected chi connectivity index (χ4v) is 1.33. The number of rotatable bonds is 2. The molecule has 0 bridgehead atoms. The zero-order chi connectivity index (χ0) is 8.32. The normalized spacial score (nSPS) is 30.3. The van der Waals surface area contributed by atoms with Crippen LogP contribution in [-0.2, 0) is 0 Å². The van der Waals surface area contributed by atoms with Crippen molar-refractivity contribution in [3.63, 3.8) is 0 Å². The third-order valence-corrected chi connectivity index (χ3v) is 2.28. The molecule has 11 heavy (non-hydrogen) atoms. The molecule has 0 radical (unpaired) electrons. The fourth-order valence-electron chi connectivity index (χ4n) is 1.33. The predicted octanol–water partition coefficient (Wildman–Crippen LogP) is 2.42. The van der Waals surface area contributed by atoms with Crippen molar-refractivity contribution in [1.82, 2.24) is 0 Å². The highest BCUT2D eigenvalue weighted by Crippen LogP contribution is 2.25. The molecule has 0 amide bonds. The molecular formula is C10H16O. The molecule has 1 aliphatic rings. The first-order valence-electron chi connectivity index (χ1n) is 4.31. The summed E-state index contributed by atoms with van der Waals surface area (Å²) in [4.78, 5) is 0. The molecule has 0 saturated carbocycles. The average molecular weight is 152 g/mol. The molecule has 1 rings (SSSR count). The van der Waals surface area contributed by atoms with Crippen LogP contribution in [0.3, 0.4) is 0 Å². The molecular weight excluding hydrogens is 136 g/mol. The Morgan fingerprint density at radius 2 is 2.27 bits per heavy atom. The number of hydrogen-bond donors (Lipinski definition) is 1. The Labute approximate surface area is 68.4 Å². The van der Waals surface area contributed by atoms with Crippen molar-refractivity contribution < 1.29 is 5.11 Å². The van der Waals surface area contributed by atoms with E-state index in [1.807, 2.05) is 13.0 Å². The molecule has 0 fully saturated rings. The highest BCUT2D eigenvalue weighted by molar-refractivity contribution is 5.27. The fraction of sp³-hybridized carbons (Fsp3) is 0.600. The van der Waals surface area contributed by atoms with Gasteiger partial charge in [-0.2, -0.15) is 0 Å². The lowest BCUT2D eigenvalue weighted by atomic mass is 9.89. The monoisotopic (exact) mass is 152 g/mol. The summed E-state index contributed by atoms with van der Waals surface area (Å²) in [6, 6.07) is 0. The van der Waals surface area contributed by atoms with E-state index in [1.54, 1.807) is 0 Å². The van der Waals surface area contributed by atoms with Crippen LogP contribution in [0.4, 0.5) is 0 Å². The van der Waals surface area contributed by atoms with Gasteiger partial charge in [-0.3, -0.25) is 0 Å². The summed E-state index contributed by atoms with van der Waals surface area (Å²) < 4.78 is 0. The van der Waals surface area contributed by atoms with Crippen molar-refractivity contribution in [2.24, 2.45) is 0 Å². The highest BCUT2D eigenvalue weighted by atomic mass is 16.3. The van der Waals surface area contributed by atoms with Gasteiger partial charge in [0.2, 0.25) is 0 Å². The van der Waals surface area contributed by atoms with E-state index >= 15 is 0 Å². The minimum atomic E-state index is -0.555. The van der Waals surface area contributed by atoms with Crippen molar-refractivity contribution in [3.05, 3.63) is 23.8 Å². The largest absolute Gasteiger partial charge is 0.385 e. The number of aliphatic hydroxyl groups is 1. The van der Waals surface area contributed by atoms with Gasteiger partial charge in [-0.05, 0) is 30.9 Å². The molecule has 0 spiro atoms. The second-order valence-corrected chi connectivity index (χ2v) is 3.14. The minimum absolute atomic E-state index is 0.555. The summed E-state index contributed by atoms with van der Waals surface area (Å²) in [6.45, 7) is 4.13. The van der Waals surface area contributed by atoms with Crippen LogP contribution in [0.5, 0.6) is 0 Å². The lowest BCUT2D eigenvalue weighted by Crippen LogP contribution is -2.25. The van der Waals surface area contributed by atoms with Gasteiger partial charge in [0.25, 0.3) is 0 Å². The molecule has 1 N–H and O–H groups in total. The van der Waals surface area contributed by atoms with Crippen LogP contribution in [0.1, 0.15) is 33.1 Å². The molecule has 1 atom stereocenters. The topological polar surface area (TPSA) is 20.2 Å². The SMILES string of the molecule is CCC1=CC(O)(CC)CC=C1. The van der Waals surface area contributed by atoms with E-state index in [2.05, 4.69) is 19.1 Å². The molecule has 0 heterocycles. The van der Waals surface area contributed by atoms with Gasteiger partial charge in [-0.25, -0.2) is 0 Å². The zero-order valence-corrected chi connectivity index (χ0v) is 7.30. The molecule has 1 aliphatic carbocycles. The molecule has 1 heteroatoms. The van der Waals surface area contributed by atoms with Crippen LogP contribution in [-0.4, -0.2) is 10.7 Å². The van der Waals surface area contributed by atoms with Crippen LogP contribution in [0.25, 0.3) is 0 Å².